The molecule has 1 saturated heterocycles. The van der Waals surface area contributed by atoms with Crippen LogP contribution in [0.15, 0.2) is 42.5 Å². The highest BCUT2D eigenvalue weighted by atomic mass is 35.5. The second-order valence-electron chi connectivity index (χ2n) is 5.81. The molecular formula is C17H14Cl3NO3S. The van der Waals surface area contributed by atoms with Crippen LogP contribution in [0.1, 0.15) is 16.8 Å². The van der Waals surface area contributed by atoms with Gasteiger partial charge >= 0.3 is 0 Å². The minimum absolute atomic E-state index is 0.0319. The lowest BCUT2D eigenvalue weighted by atomic mass is 10.1. The van der Waals surface area contributed by atoms with Crippen LogP contribution in [0, 0.1) is 0 Å². The van der Waals surface area contributed by atoms with Gasteiger partial charge in [-0.1, -0.05) is 40.9 Å². The maximum Gasteiger partial charge on any atom is 0.258 e. The molecule has 1 aliphatic rings. The third kappa shape index (κ3) is 3.95. The van der Waals surface area contributed by atoms with E-state index in [9.17, 15) is 13.2 Å². The Morgan fingerprint density at radius 3 is 2.12 bits per heavy atom. The van der Waals surface area contributed by atoms with Gasteiger partial charge in [0.25, 0.3) is 5.91 Å². The minimum Gasteiger partial charge on any atom is -0.301 e. The number of hydrogen-bond acceptors (Lipinski definition) is 3. The zero-order valence-electron chi connectivity index (χ0n) is 13.0. The second kappa shape index (κ2) is 7.16. The van der Waals surface area contributed by atoms with Crippen molar-refractivity contribution < 1.29 is 13.2 Å². The van der Waals surface area contributed by atoms with Gasteiger partial charge in [0.2, 0.25) is 0 Å². The van der Waals surface area contributed by atoms with Crippen LogP contribution in [0.3, 0.4) is 0 Å². The zero-order chi connectivity index (χ0) is 18.2. The van der Waals surface area contributed by atoms with Gasteiger partial charge in [0.15, 0.2) is 9.84 Å². The van der Waals surface area contributed by atoms with Crippen LogP contribution in [-0.2, 0) is 9.84 Å². The molecule has 132 valence electrons. The Bertz CT molecular complexity index is 893. The Hall–Kier alpha value is -1.27. The van der Waals surface area contributed by atoms with E-state index in [-0.39, 0.29) is 17.4 Å². The average molecular weight is 419 g/mol. The summed E-state index contributed by atoms with van der Waals surface area (Å²) in [6, 6.07) is 10.8. The highest BCUT2D eigenvalue weighted by Gasteiger charge is 2.37. The molecule has 25 heavy (non-hydrogen) atoms. The van der Waals surface area contributed by atoms with Crippen LogP contribution in [0.4, 0.5) is 5.69 Å². The highest BCUT2D eigenvalue weighted by Crippen LogP contribution is 2.37. The molecule has 1 unspecified atom stereocenters. The molecule has 2 aromatic rings. The predicted molar refractivity (Wildman–Crippen MR) is 102 cm³/mol. The van der Waals surface area contributed by atoms with Crippen molar-refractivity contribution in [3.8, 4) is 0 Å². The fraction of sp³-hybridized carbons (Fsp3) is 0.235. The van der Waals surface area contributed by atoms with Crippen LogP contribution < -0.4 is 4.90 Å². The van der Waals surface area contributed by atoms with Crippen LogP contribution in [-0.4, -0.2) is 31.9 Å². The average Bonchev–Trinajstić information content (AvgIpc) is 2.91. The van der Waals surface area contributed by atoms with E-state index in [2.05, 4.69) is 0 Å². The largest absolute Gasteiger partial charge is 0.301 e. The number of rotatable bonds is 3. The van der Waals surface area contributed by atoms with Crippen molar-refractivity contribution in [2.45, 2.75) is 12.5 Å². The quantitative estimate of drug-likeness (QED) is 0.738. The number of sulfone groups is 1. The smallest absolute Gasteiger partial charge is 0.258 e. The van der Waals surface area contributed by atoms with Gasteiger partial charge < -0.3 is 4.90 Å². The molecule has 0 aliphatic carbocycles. The predicted octanol–water partition coefficient (Wildman–Crippen LogP) is 4.48. The number of carbonyl (C=O) groups excluding carboxylic acids is 1. The molecular weight excluding hydrogens is 405 g/mol. The van der Waals surface area contributed by atoms with E-state index in [1.807, 2.05) is 0 Å². The van der Waals surface area contributed by atoms with Crippen molar-refractivity contribution in [1.82, 2.24) is 0 Å². The van der Waals surface area contributed by atoms with Gasteiger partial charge in [-0.3, -0.25) is 4.79 Å². The van der Waals surface area contributed by atoms with Gasteiger partial charge in [0, 0.05) is 10.6 Å². The van der Waals surface area contributed by atoms with Gasteiger partial charge in [0.05, 0.1) is 33.3 Å². The summed E-state index contributed by atoms with van der Waals surface area (Å²) in [7, 11) is -3.20. The summed E-state index contributed by atoms with van der Waals surface area (Å²) in [6.07, 6.45) is 0.337. The van der Waals surface area contributed by atoms with Crippen LogP contribution in [0.25, 0.3) is 0 Å². The molecule has 1 amide bonds. The zero-order valence-corrected chi connectivity index (χ0v) is 16.0. The van der Waals surface area contributed by atoms with E-state index in [0.29, 0.717) is 32.7 Å². The SMILES string of the molecule is O=C(c1ccc(Cl)cc1)N(c1c(Cl)cccc1Cl)C1CCS(=O)(=O)C1. The highest BCUT2D eigenvalue weighted by molar-refractivity contribution is 7.91. The first kappa shape index (κ1) is 18.5. The summed E-state index contributed by atoms with van der Waals surface area (Å²) < 4.78 is 23.9. The number of benzene rings is 2. The van der Waals surface area contributed by atoms with E-state index < -0.39 is 15.9 Å². The Labute approximate surface area is 161 Å². The molecule has 1 heterocycles. The van der Waals surface area contributed by atoms with Crippen LogP contribution in [0.5, 0.6) is 0 Å². The van der Waals surface area contributed by atoms with Gasteiger partial charge in [-0.2, -0.15) is 0 Å². The number of anilines is 1. The summed E-state index contributed by atoms with van der Waals surface area (Å²) in [6.45, 7) is 0. The van der Waals surface area contributed by atoms with Gasteiger partial charge in [-0.15, -0.1) is 0 Å². The Morgan fingerprint density at radius 1 is 1.00 bits per heavy atom. The summed E-state index contributed by atoms with van der Waals surface area (Å²) >= 11 is 18.4. The number of para-hydroxylation sites is 1. The number of nitrogens with zero attached hydrogens (tertiary/aromatic N) is 1. The molecule has 0 bridgehead atoms. The minimum atomic E-state index is -3.20. The molecule has 0 aromatic heterocycles. The van der Waals surface area contributed by atoms with Crippen molar-refractivity contribution in [2.24, 2.45) is 0 Å². The van der Waals surface area contributed by atoms with E-state index >= 15 is 0 Å². The number of halogens is 3. The first-order chi connectivity index (χ1) is 11.8. The van der Waals surface area contributed by atoms with E-state index in [1.165, 1.54) is 4.90 Å². The third-order valence-electron chi connectivity index (χ3n) is 4.06. The molecule has 8 heteroatoms. The lowest BCUT2D eigenvalue weighted by Crippen LogP contribution is -2.41. The molecule has 2 aromatic carbocycles. The molecule has 0 N–H and O–H groups in total. The molecule has 1 aliphatic heterocycles. The molecule has 4 nitrogen and oxygen atoms in total. The Morgan fingerprint density at radius 2 is 1.60 bits per heavy atom. The lowest BCUT2D eigenvalue weighted by Gasteiger charge is -2.30. The van der Waals surface area contributed by atoms with Gasteiger partial charge in [-0.25, -0.2) is 8.42 Å². The van der Waals surface area contributed by atoms with Crippen molar-refractivity contribution in [3.63, 3.8) is 0 Å². The topological polar surface area (TPSA) is 54.5 Å². The maximum absolute atomic E-state index is 13.1. The second-order valence-corrected chi connectivity index (χ2v) is 9.29. The maximum atomic E-state index is 13.1. The van der Waals surface area contributed by atoms with Gasteiger partial charge in [-0.05, 0) is 42.8 Å². The van der Waals surface area contributed by atoms with E-state index in [4.69, 9.17) is 34.8 Å². The Balaban J connectivity index is 2.09. The molecule has 1 atom stereocenters. The van der Waals surface area contributed by atoms with Crippen LogP contribution in [0.2, 0.25) is 15.1 Å². The number of hydrogen-bond donors (Lipinski definition) is 0. The van der Waals surface area contributed by atoms with Crippen molar-refractivity contribution in [1.29, 1.82) is 0 Å². The Kier molecular flexibility index (Phi) is 5.30. The fourth-order valence-corrected chi connectivity index (χ4v) is 5.29. The summed E-state index contributed by atoms with van der Waals surface area (Å²) in [4.78, 5) is 14.5. The van der Waals surface area contributed by atoms with Gasteiger partial charge in [0.1, 0.15) is 0 Å². The third-order valence-corrected chi connectivity index (χ3v) is 6.67. The fourth-order valence-electron chi connectivity index (χ4n) is 2.88. The van der Waals surface area contributed by atoms with E-state index in [0.717, 1.165) is 0 Å². The van der Waals surface area contributed by atoms with E-state index in [1.54, 1.807) is 42.5 Å². The lowest BCUT2D eigenvalue weighted by molar-refractivity contribution is 0.0979. The van der Waals surface area contributed by atoms with Crippen molar-refractivity contribution >= 4 is 56.2 Å². The molecule has 0 radical (unpaired) electrons. The monoisotopic (exact) mass is 417 g/mol. The molecule has 0 saturated carbocycles. The van der Waals surface area contributed by atoms with Crippen molar-refractivity contribution in [3.05, 3.63) is 63.1 Å². The molecule has 1 fully saturated rings. The van der Waals surface area contributed by atoms with Crippen LogP contribution >= 0.6 is 34.8 Å². The van der Waals surface area contributed by atoms with Crippen molar-refractivity contribution in [2.75, 3.05) is 16.4 Å². The first-order valence-corrected chi connectivity index (χ1v) is 10.5. The molecule has 3 rings (SSSR count). The summed E-state index contributed by atoms with van der Waals surface area (Å²) in [5.41, 5.74) is 0.706. The summed E-state index contributed by atoms with van der Waals surface area (Å²) in [5, 5.41) is 1.08. The molecule has 0 spiro atoms. The first-order valence-electron chi connectivity index (χ1n) is 7.52. The number of amides is 1. The summed E-state index contributed by atoms with van der Waals surface area (Å²) in [5.74, 6) is -0.452. The standard InChI is InChI=1S/C17H14Cl3NO3S/c18-12-6-4-11(5-7-12)17(22)21(13-8-9-25(23,24)10-13)16-14(19)2-1-3-15(16)20/h1-7,13H,8-10H2. The number of carbonyl (C=O) groups is 1. The normalized spacial score (nSPS) is 18.9.